The quantitative estimate of drug-likeness (QED) is 0.821. The van der Waals surface area contributed by atoms with Crippen LogP contribution in [0.15, 0.2) is 24.3 Å². The minimum absolute atomic E-state index is 0.348. The number of hydrogen-bond donors (Lipinski definition) is 2. The predicted molar refractivity (Wildman–Crippen MR) is 57.4 cm³/mol. The first-order valence-corrected chi connectivity index (χ1v) is 6.06. The number of nitrogen functional groups attached to an aromatic ring is 1. The van der Waals surface area contributed by atoms with E-state index in [1.54, 1.807) is 6.07 Å². The molecular formula is C9H11F3N2O2S. The number of rotatable bonds is 3. The Balaban J connectivity index is 2.91. The van der Waals surface area contributed by atoms with Crippen molar-refractivity contribution in [1.82, 2.24) is 4.72 Å². The summed E-state index contributed by atoms with van der Waals surface area (Å²) in [6, 6.07) is 4.96. The Morgan fingerprint density at radius 2 is 1.94 bits per heavy atom. The molecule has 0 saturated heterocycles. The van der Waals surface area contributed by atoms with Crippen molar-refractivity contribution in [2.75, 3.05) is 5.73 Å². The average molecular weight is 268 g/mol. The summed E-state index contributed by atoms with van der Waals surface area (Å²) in [7, 11) is -5.35. The zero-order chi connectivity index (χ0) is 13.3. The summed E-state index contributed by atoms with van der Waals surface area (Å²) in [6.45, 7) is 1.30. The van der Waals surface area contributed by atoms with Gasteiger partial charge in [-0.25, -0.2) is 13.1 Å². The molecule has 96 valence electrons. The van der Waals surface area contributed by atoms with Crippen LogP contribution in [0.2, 0.25) is 0 Å². The third kappa shape index (κ3) is 3.34. The van der Waals surface area contributed by atoms with Gasteiger partial charge >= 0.3 is 15.5 Å². The van der Waals surface area contributed by atoms with Crippen molar-refractivity contribution in [3.63, 3.8) is 0 Å². The van der Waals surface area contributed by atoms with Crippen molar-refractivity contribution in [2.45, 2.75) is 18.5 Å². The van der Waals surface area contributed by atoms with Crippen LogP contribution >= 0.6 is 0 Å². The van der Waals surface area contributed by atoms with Gasteiger partial charge in [0.25, 0.3) is 0 Å². The minimum atomic E-state index is -5.35. The normalized spacial score (nSPS) is 14.6. The summed E-state index contributed by atoms with van der Waals surface area (Å²) in [6.07, 6.45) is 0. The van der Waals surface area contributed by atoms with Crippen molar-refractivity contribution < 1.29 is 21.6 Å². The largest absolute Gasteiger partial charge is 0.511 e. The molecule has 0 amide bonds. The number of benzene rings is 1. The average Bonchev–Trinajstić information content (AvgIpc) is 2.15. The molecule has 3 N–H and O–H groups in total. The Labute approximate surface area is 96.7 Å². The van der Waals surface area contributed by atoms with Gasteiger partial charge in [0.2, 0.25) is 0 Å². The van der Waals surface area contributed by atoms with Crippen LogP contribution in [0.5, 0.6) is 0 Å². The lowest BCUT2D eigenvalue weighted by Gasteiger charge is -2.16. The smallest absolute Gasteiger partial charge is 0.399 e. The Morgan fingerprint density at radius 3 is 2.41 bits per heavy atom. The van der Waals surface area contributed by atoms with Gasteiger partial charge in [0.05, 0.1) is 0 Å². The van der Waals surface area contributed by atoms with E-state index in [2.05, 4.69) is 0 Å². The number of anilines is 1. The Hall–Kier alpha value is -1.28. The van der Waals surface area contributed by atoms with E-state index in [1.165, 1.54) is 29.8 Å². The zero-order valence-electron chi connectivity index (χ0n) is 8.82. The van der Waals surface area contributed by atoms with Crippen molar-refractivity contribution in [3.05, 3.63) is 29.8 Å². The number of halogens is 3. The van der Waals surface area contributed by atoms with Gasteiger partial charge in [0, 0.05) is 11.7 Å². The molecule has 1 aromatic carbocycles. The molecule has 1 rings (SSSR count). The lowest BCUT2D eigenvalue weighted by Crippen LogP contribution is -2.37. The van der Waals surface area contributed by atoms with E-state index in [4.69, 9.17) is 5.73 Å². The van der Waals surface area contributed by atoms with Gasteiger partial charge in [-0.1, -0.05) is 12.1 Å². The SMILES string of the molecule is CC(NS(=O)(=O)C(F)(F)F)c1cccc(N)c1. The molecule has 1 unspecified atom stereocenters. The maximum atomic E-state index is 12.1. The molecule has 0 saturated carbocycles. The highest BCUT2D eigenvalue weighted by Crippen LogP contribution is 2.25. The fourth-order valence-corrected chi connectivity index (χ4v) is 1.93. The number of sulfonamides is 1. The molecule has 0 spiro atoms. The molecule has 8 heteroatoms. The van der Waals surface area contributed by atoms with E-state index in [9.17, 15) is 21.6 Å². The lowest BCUT2D eigenvalue weighted by atomic mass is 10.1. The van der Waals surface area contributed by atoms with Crippen LogP contribution in [-0.4, -0.2) is 13.9 Å². The number of nitrogens with two attached hydrogens (primary N) is 1. The van der Waals surface area contributed by atoms with Crippen molar-refractivity contribution in [3.8, 4) is 0 Å². The maximum absolute atomic E-state index is 12.1. The van der Waals surface area contributed by atoms with E-state index < -0.39 is 21.6 Å². The van der Waals surface area contributed by atoms with E-state index in [1.807, 2.05) is 0 Å². The van der Waals surface area contributed by atoms with E-state index >= 15 is 0 Å². The number of nitrogens with one attached hydrogen (secondary N) is 1. The van der Waals surface area contributed by atoms with Crippen molar-refractivity contribution in [2.24, 2.45) is 0 Å². The van der Waals surface area contributed by atoms with Crippen LogP contribution in [0.4, 0.5) is 18.9 Å². The summed E-state index contributed by atoms with van der Waals surface area (Å²) < 4.78 is 59.6. The molecular weight excluding hydrogens is 257 g/mol. The van der Waals surface area contributed by atoms with E-state index in [0.717, 1.165) is 0 Å². The maximum Gasteiger partial charge on any atom is 0.511 e. The monoisotopic (exact) mass is 268 g/mol. The summed E-state index contributed by atoms with van der Waals surface area (Å²) >= 11 is 0. The third-order valence-electron chi connectivity index (χ3n) is 2.05. The van der Waals surface area contributed by atoms with Gasteiger partial charge in [-0.05, 0) is 24.6 Å². The van der Waals surface area contributed by atoms with Crippen LogP contribution in [0, 0.1) is 0 Å². The first kappa shape index (κ1) is 13.8. The molecule has 0 fully saturated rings. The van der Waals surface area contributed by atoms with Gasteiger partial charge in [-0.15, -0.1) is 0 Å². The van der Waals surface area contributed by atoms with Gasteiger partial charge in [0.15, 0.2) is 0 Å². The van der Waals surface area contributed by atoms with E-state index in [0.29, 0.717) is 11.3 Å². The van der Waals surface area contributed by atoms with E-state index in [-0.39, 0.29) is 0 Å². The molecule has 4 nitrogen and oxygen atoms in total. The van der Waals surface area contributed by atoms with Gasteiger partial charge in [-0.2, -0.15) is 13.2 Å². The minimum Gasteiger partial charge on any atom is -0.399 e. The summed E-state index contributed by atoms with van der Waals surface area (Å²) in [5.41, 5.74) is 0.835. The molecule has 0 aliphatic carbocycles. The molecule has 0 radical (unpaired) electrons. The topological polar surface area (TPSA) is 72.2 Å². The third-order valence-corrected chi connectivity index (χ3v) is 3.32. The van der Waals surface area contributed by atoms with Crippen LogP contribution in [0.1, 0.15) is 18.5 Å². The molecule has 17 heavy (non-hydrogen) atoms. The molecule has 0 heterocycles. The first-order chi connectivity index (χ1) is 7.63. The number of alkyl halides is 3. The Bertz CT molecular complexity index is 499. The fourth-order valence-electron chi connectivity index (χ4n) is 1.20. The molecule has 0 bridgehead atoms. The standard InChI is InChI=1S/C9H11F3N2O2S/c1-6(7-3-2-4-8(13)5-7)14-17(15,16)9(10,11)12/h2-6,14H,13H2,1H3. The van der Waals surface area contributed by atoms with Crippen LogP contribution in [0.3, 0.4) is 0 Å². The molecule has 1 aromatic rings. The van der Waals surface area contributed by atoms with Crippen molar-refractivity contribution in [1.29, 1.82) is 0 Å². The first-order valence-electron chi connectivity index (χ1n) is 4.57. The zero-order valence-corrected chi connectivity index (χ0v) is 9.64. The highest BCUT2D eigenvalue weighted by atomic mass is 32.2. The summed E-state index contributed by atoms with van der Waals surface area (Å²) in [5.74, 6) is 0. The second-order valence-corrected chi connectivity index (χ2v) is 5.16. The van der Waals surface area contributed by atoms with Crippen molar-refractivity contribution >= 4 is 15.7 Å². The summed E-state index contributed by atoms with van der Waals surface area (Å²) in [5, 5.41) is 0. The second-order valence-electron chi connectivity index (χ2n) is 3.46. The molecule has 0 aliphatic heterocycles. The second kappa shape index (κ2) is 4.53. The Morgan fingerprint density at radius 1 is 1.35 bits per heavy atom. The highest BCUT2D eigenvalue weighted by Gasteiger charge is 2.46. The van der Waals surface area contributed by atoms with Gasteiger partial charge in [-0.3, -0.25) is 0 Å². The highest BCUT2D eigenvalue weighted by molar-refractivity contribution is 7.90. The van der Waals surface area contributed by atoms with Gasteiger partial charge < -0.3 is 5.73 Å². The lowest BCUT2D eigenvalue weighted by molar-refractivity contribution is -0.0450. The molecule has 0 aromatic heterocycles. The number of hydrogen-bond acceptors (Lipinski definition) is 3. The predicted octanol–water partition coefficient (Wildman–Crippen LogP) is 1.77. The van der Waals surface area contributed by atoms with Crippen LogP contribution in [0.25, 0.3) is 0 Å². The van der Waals surface area contributed by atoms with Gasteiger partial charge in [0.1, 0.15) is 0 Å². The fraction of sp³-hybridized carbons (Fsp3) is 0.333. The van der Waals surface area contributed by atoms with Crippen LogP contribution < -0.4 is 10.5 Å². The van der Waals surface area contributed by atoms with Crippen LogP contribution in [-0.2, 0) is 10.0 Å². The summed E-state index contributed by atoms with van der Waals surface area (Å²) in [4.78, 5) is 0. The Kier molecular flexibility index (Phi) is 3.68. The molecule has 1 atom stereocenters. The molecule has 0 aliphatic rings.